The van der Waals surface area contributed by atoms with E-state index in [9.17, 15) is 14.4 Å². The fourth-order valence-corrected chi connectivity index (χ4v) is 7.98. The summed E-state index contributed by atoms with van der Waals surface area (Å²) in [6.07, 6.45) is 61.3. The van der Waals surface area contributed by atoms with Crippen LogP contribution in [0.3, 0.4) is 0 Å². The van der Waals surface area contributed by atoms with Crippen molar-refractivity contribution in [1.82, 2.24) is 0 Å². The van der Waals surface area contributed by atoms with Crippen LogP contribution in [0.2, 0.25) is 0 Å². The zero-order valence-electron chi connectivity index (χ0n) is 42.1. The third-order valence-electron chi connectivity index (χ3n) is 12.1. The molecular weight excluding hydrogens is 781 g/mol. The molecule has 0 aromatic rings. The molecule has 0 aliphatic carbocycles. The summed E-state index contributed by atoms with van der Waals surface area (Å²) in [7, 11) is 0. The van der Waals surface area contributed by atoms with Gasteiger partial charge in [-0.2, -0.15) is 0 Å². The Morgan fingerprint density at radius 1 is 0.317 bits per heavy atom. The standard InChI is InChI=1S/C57H104O6/c1-4-7-10-13-16-19-22-24-26-28-29-30-32-33-35-38-41-44-47-50-56(59)62-53-54(52-61-55(58)49-46-43-40-37-21-18-15-12-9-6-3)63-57(60)51-48-45-42-39-36-34-31-27-25-23-20-17-14-11-8-5-2/h16,19,24,26,29-30,54H,4-15,17-18,20-23,25,27-28,31-53H2,1-3H3/b19-16-,26-24-,30-29-. The van der Waals surface area contributed by atoms with Gasteiger partial charge in [0.05, 0.1) is 0 Å². The van der Waals surface area contributed by atoms with Crippen molar-refractivity contribution in [3.8, 4) is 0 Å². The summed E-state index contributed by atoms with van der Waals surface area (Å²) in [4.78, 5) is 38.0. The minimum atomic E-state index is -0.772. The molecule has 0 radical (unpaired) electrons. The van der Waals surface area contributed by atoms with Gasteiger partial charge in [-0.15, -0.1) is 0 Å². The second-order valence-corrected chi connectivity index (χ2v) is 18.5. The third kappa shape index (κ3) is 50.5. The van der Waals surface area contributed by atoms with Gasteiger partial charge < -0.3 is 14.2 Å². The first-order valence-corrected chi connectivity index (χ1v) is 27.5. The zero-order valence-corrected chi connectivity index (χ0v) is 42.1. The van der Waals surface area contributed by atoms with Crippen LogP contribution in [0.25, 0.3) is 0 Å². The summed E-state index contributed by atoms with van der Waals surface area (Å²) in [5.41, 5.74) is 0. The largest absolute Gasteiger partial charge is 0.462 e. The van der Waals surface area contributed by atoms with E-state index in [4.69, 9.17) is 14.2 Å². The Balaban J connectivity index is 4.31. The quantitative estimate of drug-likeness (QED) is 0.0262. The third-order valence-corrected chi connectivity index (χ3v) is 12.1. The molecule has 0 aliphatic heterocycles. The maximum Gasteiger partial charge on any atom is 0.306 e. The van der Waals surface area contributed by atoms with Crippen LogP contribution in [0.4, 0.5) is 0 Å². The van der Waals surface area contributed by atoms with Gasteiger partial charge in [-0.1, -0.05) is 250 Å². The molecule has 6 heteroatoms. The van der Waals surface area contributed by atoms with Crippen molar-refractivity contribution in [2.45, 2.75) is 297 Å². The predicted octanol–water partition coefficient (Wildman–Crippen LogP) is 18.1. The van der Waals surface area contributed by atoms with Crippen LogP contribution in [-0.2, 0) is 28.6 Å². The van der Waals surface area contributed by atoms with Gasteiger partial charge in [-0.25, -0.2) is 0 Å². The van der Waals surface area contributed by atoms with Crippen LogP contribution in [0.5, 0.6) is 0 Å². The Hall–Kier alpha value is -2.37. The van der Waals surface area contributed by atoms with E-state index in [1.807, 2.05) is 0 Å². The Bertz CT molecular complexity index is 1060. The van der Waals surface area contributed by atoms with Crippen LogP contribution < -0.4 is 0 Å². The predicted molar refractivity (Wildman–Crippen MR) is 270 cm³/mol. The number of carbonyl (C=O) groups excluding carboxylic acids is 3. The molecule has 0 rings (SSSR count). The highest BCUT2D eigenvalue weighted by molar-refractivity contribution is 5.71. The molecule has 1 unspecified atom stereocenters. The summed E-state index contributed by atoms with van der Waals surface area (Å²) >= 11 is 0. The topological polar surface area (TPSA) is 78.9 Å². The molecular formula is C57H104O6. The number of ether oxygens (including phenoxy) is 3. The number of hydrogen-bond acceptors (Lipinski definition) is 6. The molecule has 0 heterocycles. The van der Waals surface area contributed by atoms with Crippen molar-refractivity contribution in [2.24, 2.45) is 0 Å². The lowest BCUT2D eigenvalue weighted by molar-refractivity contribution is -0.167. The summed E-state index contributed by atoms with van der Waals surface area (Å²) in [5, 5.41) is 0. The Morgan fingerprint density at radius 2 is 0.571 bits per heavy atom. The number of rotatable bonds is 50. The molecule has 0 aliphatic rings. The minimum absolute atomic E-state index is 0.0721. The highest BCUT2D eigenvalue weighted by atomic mass is 16.6. The van der Waals surface area contributed by atoms with Crippen LogP contribution >= 0.6 is 0 Å². The number of unbranched alkanes of at least 4 members (excludes halogenated alkanes) is 33. The van der Waals surface area contributed by atoms with E-state index >= 15 is 0 Å². The van der Waals surface area contributed by atoms with Gasteiger partial charge in [0.1, 0.15) is 13.2 Å². The van der Waals surface area contributed by atoms with E-state index in [0.29, 0.717) is 19.3 Å². The molecule has 0 spiro atoms. The Labute approximate surface area is 391 Å². The van der Waals surface area contributed by atoms with E-state index in [2.05, 4.69) is 57.2 Å². The molecule has 63 heavy (non-hydrogen) atoms. The number of allylic oxidation sites excluding steroid dienone is 6. The molecule has 0 saturated heterocycles. The van der Waals surface area contributed by atoms with Gasteiger partial charge in [0.25, 0.3) is 0 Å². The highest BCUT2D eigenvalue weighted by Gasteiger charge is 2.19. The second kappa shape index (κ2) is 52.3. The molecule has 0 saturated carbocycles. The van der Waals surface area contributed by atoms with Crippen LogP contribution in [0.15, 0.2) is 36.5 Å². The number of hydrogen-bond donors (Lipinski definition) is 0. The Kier molecular flexibility index (Phi) is 50.3. The number of carbonyl (C=O) groups is 3. The monoisotopic (exact) mass is 885 g/mol. The van der Waals surface area contributed by atoms with Gasteiger partial charge in [0.15, 0.2) is 6.10 Å². The van der Waals surface area contributed by atoms with Crippen molar-refractivity contribution in [3.63, 3.8) is 0 Å². The highest BCUT2D eigenvalue weighted by Crippen LogP contribution is 2.16. The van der Waals surface area contributed by atoms with E-state index in [1.54, 1.807) is 0 Å². The first-order chi connectivity index (χ1) is 31.0. The van der Waals surface area contributed by atoms with E-state index in [1.165, 1.54) is 173 Å². The molecule has 0 aromatic carbocycles. The SMILES string of the molecule is CCCCC/C=C\C/C=C\C/C=C\CCCCCCCCC(=O)OCC(COC(=O)CCCCCCCCCCCC)OC(=O)CCCCCCCCCCCCCCCCCC. The van der Waals surface area contributed by atoms with Gasteiger partial charge in [0, 0.05) is 19.3 Å². The lowest BCUT2D eigenvalue weighted by atomic mass is 10.0. The molecule has 0 fully saturated rings. The van der Waals surface area contributed by atoms with Crippen LogP contribution in [0, 0.1) is 0 Å². The second-order valence-electron chi connectivity index (χ2n) is 18.5. The molecule has 0 bridgehead atoms. The Morgan fingerprint density at radius 3 is 0.921 bits per heavy atom. The van der Waals surface area contributed by atoms with E-state index in [0.717, 1.165) is 77.0 Å². The number of esters is 3. The lowest BCUT2D eigenvalue weighted by Gasteiger charge is -2.18. The van der Waals surface area contributed by atoms with Gasteiger partial charge in [0.2, 0.25) is 0 Å². The average molecular weight is 885 g/mol. The summed E-state index contributed by atoms with van der Waals surface area (Å²) in [6, 6.07) is 0. The molecule has 0 aromatic heterocycles. The van der Waals surface area contributed by atoms with Crippen molar-refractivity contribution < 1.29 is 28.6 Å². The van der Waals surface area contributed by atoms with Crippen molar-refractivity contribution in [1.29, 1.82) is 0 Å². The van der Waals surface area contributed by atoms with Crippen molar-refractivity contribution in [3.05, 3.63) is 36.5 Å². The van der Waals surface area contributed by atoms with E-state index < -0.39 is 6.10 Å². The molecule has 6 nitrogen and oxygen atoms in total. The lowest BCUT2D eigenvalue weighted by Crippen LogP contribution is -2.30. The van der Waals surface area contributed by atoms with Gasteiger partial charge >= 0.3 is 17.9 Å². The van der Waals surface area contributed by atoms with Crippen LogP contribution in [0.1, 0.15) is 290 Å². The average Bonchev–Trinajstić information content (AvgIpc) is 3.28. The minimum Gasteiger partial charge on any atom is -0.462 e. The van der Waals surface area contributed by atoms with Crippen molar-refractivity contribution >= 4 is 17.9 Å². The molecule has 0 amide bonds. The zero-order chi connectivity index (χ0) is 45.8. The first-order valence-electron chi connectivity index (χ1n) is 27.5. The molecule has 1 atom stereocenters. The maximum absolute atomic E-state index is 12.8. The van der Waals surface area contributed by atoms with E-state index in [-0.39, 0.29) is 31.1 Å². The molecule has 0 N–H and O–H groups in total. The molecule has 368 valence electrons. The first kappa shape index (κ1) is 60.6. The van der Waals surface area contributed by atoms with Crippen LogP contribution in [-0.4, -0.2) is 37.2 Å². The maximum atomic E-state index is 12.8. The summed E-state index contributed by atoms with van der Waals surface area (Å²) < 4.78 is 16.8. The normalized spacial score (nSPS) is 12.2. The fraction of sp³-hybridized carbons (Fsp3) is 0.842. The van der Waals surface area contributed by atoms with Gasteiger partial charge in [-0.3, -0.25) is 14.4 Å². The summed E-state index contributed by atoms with van der Waals surface area (Å²) in [6.45, 7) is 6.62. The fourth-order valence-electron chi connectivity index (χ4n) is 7.98. The summed E-state index contributed by atoms with van der Waals surface area (Å²) in [5.74, 6) is -0.872. The van der Waals surface area contributed by atoms with Crippen molar-refractivity contribution in [2.75, 3.05) is 13.2 Å². The smallest absolute Gasteiger partial charge is 0.306 e. The van der Waals surface area contributed by atoms with Gasteiger partial charge in [-0.05, 0) is 57.8 Å².